The molecule has 0 aliphatic carbocycles. The standard InChI is InChI=1S/C15H22N2O3/c1-20-14(18)8-5-11-17-15(19)13(16)10-9-12-6-3-2-4-7-12/h2-4,6-7,13H,5,8-11,16H2,1H3,(H,17,19)/t13-/m0/s1. The number of esters is 1. The number of methoxy groups -OCH3 is 1. The largest absolute Gasteiger partial charge is 0.469 e. The number of carbonyl (C=O) groups excluding carboxylic acids is 2. The van der Waals surface area contributed by atoms with Gasteiger partial charge in [-0.05, 0) is 24.8 Å². The minimum Gasteiger partial charge on any atom is -0.469 e. The number of aryl methyl sites for hydroxylation is 1. The Morgan fingerprint density at radius 2 is 2.00 bits per heavy atom. The number of carbonyl (C=O) groups is 2. The van der Waals surface area contributed by atoms with Crippen molar-refractivity contribution < 1.29 is 14.3 Å². The number of ether oxygens (including phenoxy) is 1. The van der Waals surface area contributed by atoms with Crippen LogP contribution in [-0.4, -0.2) is 31.6 Å². The van der Waals surface area contributed by atoms with Crippen LogP contribution in [0.25, 0.3) is 0 Å². The molecule has 0 heterocycles. The maximum absolute atomic E-state index is 11.7. The van der Waals surface area contributed by atoms with E-state index in [9.17, 15) is 9.59 Å². The van der Waals surface area contributed by atoms with Crippen LogP contribution in [0.2, 0.25) is 0 Å². The zero-order valence-electron chi connectivity index (χ0n) is 11.8. The summed E-state index contributed by atoms with van der Waals surface area (Å²) in [6.07, 6.45) is 2.24. The zero-order valence-corrected chi connectivity index (χ0v) is 11.8. The fourth-order valence-electron chi connectivity index (χ4n) is 1.78. The second-order valence-electron chi connectivity index (χ2n) is 4.60. The number of rotatable bonds is 8. The van der Waals surface area contributed by atoms with Crippen molar-refractivity contribution in [2.24, 2.45) is 5.73 Å². The van der Waals surface area contributed by atoms with Crippen molar-refractivity contribution in [1.29, 1.82) is 0 Å². The van der Waals surface area contributed by atoms with E-state index in [4.69, 9.17) is 5.73 Å². The quantitative estimate of drug-likeness (QED) is 0.549. The summed E-state index contributed by atoms with van der Waals surface area (Å²) < 4.78 is 4.52. The van der Waals surface area contributed by atoms with Gasteiger partial charge in [0.1, 0.15) is 0 Å². The van der Waals surface area contributed by atoms with Gasteiger partial charge >= 0.3 is 5.97 Å². The van der Waals surface area contributed by atoms with Crippen LogP contribution < -0.4 is 11.1 Å². The normalized spacial score (nSPS) is 11.7. The van der Waals surface area contributed by atoms with Crippen molar-refractivity contribution in [3.05, 3.63) is 35.9 Å². The van der Waals surface area contributed by atoms with Crippen molar-refractivity contribution in [2.75, 3.05) is 13.7 Å². The molecule has 0 bridgehead atoms. The summed E-state index contributed by atoms with van der Waals surface area (Å²) in [5, 5.41) is 2.73. The number of benzene rings is 1. The highest BCUT2D eigenvalue weighted by Gasteiger charge is 2.12. The molecule has 0 aromatic heterocycles. The molecule has 20 heavy (non-hydrogen) atoms. The van der Waals surface area contributed by atoms with Gasteiger partial charge in [0.15, 0.2) is 0 Å². The highest BCUT2D eigenvalue weighted by molar-refractivity contribution is 5.81. The minimum absolute atomic E-state index is 0.175. The molecular weight excluding hydrogens is 256 g/mol. The second kappa shape index (κ2) is 9.09. The van der Waals surface area contributed by atoms with Gasteiger partial charge in [-0.25, -0.2) is 0 Å². The molecule has 0 saturated heterocycles. The lowest BCUT2D eigenvalue weighted by Gasteiger charge is -2.12. The highest BCUT2D eigenvalue weighted by Crippen LogP contribution is 2.04. The molecule has 110 valence electrons. The summed E-state index contributed by atoms with van der Waals surface area (Å²) in [5.41, 5.74) is 7.00. The topological polar surface area (TPSA) is 81.4 Å². The van der Waals surface area contributed by atoms with Gasteiger partial charge < -0.3 is 15.8 Å². The van der Waals surface area contributed by atoms with Crippen LogP contribution in [0.15, 0.2) is 30.3 Å². The molecule has 3 N–H and O–H groups in total. The molecule has 0 unspecified atom stereocenters. The van der Waals surface area contributed by atoms with E-state index in [-0.39, 0.29) is 11.9 Å². The smallest absolute Gasteiger partial charge is 0.305 e. The fraction of sp³-hybridized carbons (Fsp3) is 0.467. The van der Waals surface area contributed by atoms with Crippen LogP contribution in [0.3, 0.4) is 0 Å². The molecule has 0 spiro atoms. The Bertz CT molecular complexity index is 420. The SMILES string of the molecule is COC(=O)CCCNC(=O)[C@@H](N)CCc1ccccc1. The van der Waals surface area contributed by atoms with E-state index in [0.29, 0.717) is 25.8 Å². The molecule has 1 atom stereocenters. The Kier molecular flexibility index (Phi) is 7.35. The molecule has 0 aliphatic rings. The summed E-state index contributed by atoms with van der Waals surface area (Å²) in [7, 11) is 1.35. The number of hydrogen-bond acceptors (Lipinski definition) is 4. The molecule has 0 aliphatic heterocycles. The van der Waals surface area contributed by atoms with Crippen LogP contribution in [0, 0.1) is 0 Å². The van der Waals surface area contributed by atoms with E-state index in [0.717, 1.165) is 6.42 Å². The molecule has 0 radical (unpaired) electrons. The van der Waals surface area contributed by atoms with E-state index in [1.54, 1.807) is 0 Å². The molecule has 5 nitrogen and oxygen atoms in total. The van der Waals surface area contributed by atoms with Crippen molar-refractivity contribution in [2.45, 2.75) is 31.7 Å². The molecular formula is C15H22N2O3. The Hall–Kier alpha value is -1.88. The first kappa shape index (κ1) is 16.2. The summed E-state index contributed by atoms with van der Waals surface area (Å²) in [5.74, 6) is -0.446. The molecule has 5 heteroatoms. The summed E-state index contributed by atoms with van der Waals surface area (Å²) >= 11 is 0. The third-order valence-electron chi connectivity index (χ3n) is 3.01. The second-order valence-corrected chi connectivity index (χ2v) is 4.60. The average Bonchev–Trinajstić information content (AvgIpc) is 2.49. The molecule has 1 aromatic rings. The maximum atomic E-state index is 11.7. The van der Waals surface area contributed by atoms with Crippen LogP contribution in [0.4, 0.5) is 0 Å². The van der Waals surface area contributed by atoms with E-state index in [2.05, 4.69) is 10.1 Å². The third-order valence-corrected chi connectivity index (χ3v) is 3.01. The highest BCUT2D eigenvalue weighted by atomic mass is 16.5. The van der Waals surface area contributed by atoms with E-state index in [1.807, 2.05) is 30.3 Å². The van der Waals surface area contributed by atoms with Crippen molar-refractivity contribution in [1.82, 2.24) is 5.32 Å². The number of nitrogens with two attached hydrogens (primary N) is 1. The van der Waals surface area contributed by atoms with Crippen molar-refractivity contribution in [3.8, 4) is 0 Å². The Balaban J connectivity index is 2.17. The third kappa shape index (κ3) is 6.33. The van der Waals surface area contributed by atoms with Crippen LogP contribution in [-0.2, 0) is 20.7 Å². The lowest BCUT2D eigenvalue weighted by Crippen LogP contribution is -2.41. The molecule has 0 saturated carbocycles. The summed E-state index contributed by atoms with van der Waals surface area (Å²) in [6.45, 7) is 0.437. The average molecular weight is 278 g/mol. The van der Waals surface area contributed by atoms with Gasteiger partial charge in [0.05, 0.1) is 13.2 Å². The van der Waals surface area contributed by atoms with Gasteiger partial charge in [-0.2, -0.15) is 0 Å². The van der Waals surface area contributed by atoms with Crippen molar-refractivity contribution >= 4 is 11.9 Å². The van der Waals surface area contributed by atoms with Crippen LogP contribution in [0.1, 0.15) is 24.8 Å². The van der Waals surface area contributed by atoms with E-state index < -0.39 is 6.04 Å². The van der Waals surface area contributed by atoms with E-state index >= 15 is 0 Å². The summed E-state index contributed by atoms with van der Waals surface area (Å²) in [6, 6.07) is 9.40. The zero-order chi connectivity index (χ0) is 14.8. The monoisotopic (exact) mass is 278 g/mol. The van der Waals surface area contributed by atoms with Gasteiger partial charge in [0.2, 0.25) is 5.91 Å². The minimum atomic E-state index is -0.520. The first-order valence-corrected chi connectivity index (χ1v) is 6.77. The van der Waals surface area contributed by atoms with Crippen LogP contribution in [0.5, 0.6) is 0 Å². The number of hydrogen-bond donors (Lipinski definition) is 2. The van der Waals surface area contributed by atoms with Gasteiger partial charge in [-0.15, -0.1) is 0 Å². The number of amides is 1. The summed E-state index contributed by atoms with van der Waals surface area (Å²) in [4.78, 5) is 22.6. The molecule has 1 aromatic carbocycles. The Labute approximate surface area is 119 Å². The van der Waals surface area contributed by atoms with Gasteiger partial charge in [-0.3, -0.25) is 9.59 Å². The first-order valence-electron chi connectivity index (χ1n) is 6.77. The van der Waals surface area contributed by atoms with E-state index in [1.165, 1.54) is 12.7 Å². The molecule has 1 rings (SSSR count). The molecule has 0 fully saturated rings. The van der Waals surface area contributed by atoms with Gasteiger partial charge in [0.25, 0.3) is 0 Å². The lowest BCUT2D eigenvalue weighted by molar-refractivity contribution is -0.140. The van der Waals surface area contributed by atoms with Gasteiger partial charge in [-0.1, -0.05) is 30.3 Å². The Morgan fingerprint density at radius 1 is 1.30 bits per heavy atom. The maximum Gasteiger partial charge on any atom is 0.305 e. The Morgan fingerprint density at radius 3 is 2.65 bits per heavy atom. The van der Waals surface area contributed by atoms with Gasteiger partial charge in [0, 0.05) is 13.0 Å². The first-order chi connectivity index (χ1) is 9.63. The predicted octanol–water partition coefficient (Wildman–Crippen LogP) is 1.02. The van der Waals surface area contributed by atoms with Crippen LogP contribution >= 0.6 is 0 Å². The van der Waals surface area contributed by atoms with Crippen molar-refractivity contribution in [3.63, 3.8) is 0 Å². The fourth-order valence-corrected chi connectivity index (χ4v) is 1.78. The predicted molar refractivity (Wildman–Crippen MR) is 77.0 cm³/mol. The number of nitrogens with one attached hydrogen (secondary N) is 1. The molecule has 1 amide bonds. The lowest BCUT2D eigenvalue weighted by atomic mass is 10.1.